The highest BCUT2D eigenvalue weighted by Crippen LogP contribution is 2.30. The molecule has 5 heteroatoms. The number of ether oxygens (including phenoxy) is 1. The molecule has 0 spiro atoms. The van der Waals surface area contributed by atoms with Crippen LogP contribution in [0.1, 0.15) is 19.8 Å². The largest absolute Gasteiger partial charge is 0.476 e. The number of hydrogen-bond acceptors (Lipinski definition) is 4. The summed E-state index contributed by atoms with van der Waals surface area (Å²) < 4.78 is 5.52. The van der Waals surface area contributed by atoms with Gasteiger partial charge in [0.15, 0.2) is 0 Å². The molecule has 0 aliphatic heterocycles. The average molecular weight is 228 g/mol. The summed E-state index contributed by atoms with van der Waals surface area (Å²) >= 11 is 5.92. The van der Waals surface area contributed by atoms with Crippen molar-refractivity contribution in [3.8, 4) is 5.88 Å². The highest BCUT2D eigenvalue weighted by molar-refractivity contribution is 6.31. The van der Waals surface area contributed by atoms with Crippen LogP contribution in [-0.2, 0) is 0 Å². The Hall–Kier alpha value is -1.03. The smallest absolute Gasteiger partial charge is 0.237 e. The lowest BCUT2D eigenvalue weighted by Gasteiger charge is -2.07. The van der Waals surface area contributed by atoms with E-state index in [1.165, 1.54) is 12.8 Å². The summed E-state index contributed by atoms with van der Waals surface area (Å²) in [6.45, 7) is 3.48. The van der Waals surface area contributed by atoms with Crippen molar-refractivity contribution in [2.24, 2.45) is 5.92 Å². The van der Waals surface area contributed by atoms with Gasteiger partial charge < -0.3 is 10.1 Å². The van der Waals surface area contributed by atoms with E-state index in [1.807, 2.05) is 6.92 Å². The number of halogens is 1. The Kier molecular flexibility index (Phi) is 3.26. The van der Waals surface area contributed by atoms with Gasteiger partial charge in [-0.3, -0.25) is 0 Å². The molecule has 1 aliphatic carbocycles. The second-order valence-electron chi connectivity index (χ2n) is 3.63. The van der Waals surface area contributed by atoms with Gasteiger partial charge in [0.05, 0.1) is 12.8 Å². The molecule has 0 unspecified atom stereocenters. The lowest BCUT2D eigenvalue weighted by molar-refractivity contribution is 0.288. The van der Waals surface area contributed by atoms with E-state index in [9.17, 15) is 0 Å². The van der Waals surface area contributed by atoms with Crippen LogP contribution in [0, 0.1) is 5.92 Å². The monoisotopic (exact) mass is 227 g/mol. The summed E-state index contributed by atoms with van der Waals surface area (Å²) in [5.41, 5.74) is 0. The van der Waals surface area contributed by atoms with Crippen LogP contribution in [0.4, 0.5) is 5.95 Å². The zero-order chi connectivity index (χ0) is 10.7. The maximum atomic E-state index is 5.92. The molecule has 1 saturated carbocycles. The Morgan fingerprint density at radius 1 is 1.60 bits per heavy atom. The van der Waals surface area contributed by atoms with Gasteiger partial charge in [-0.25, -0.2) is 4.98 Å². The number of hydrogen-bond donors (Lipinski definition) is 1. The second-order valence-corrected chi connectivity index (χ2v) is 4.04. The molecule has 0 saturated heterocycles. The fourth-order valence-electron chi connectivity index (χ4n) is 1.18. The van der Waals surface area contributed by atoms with Crippen LogP contribution in [-0.4, -0.2) is 23.1 Å². The van der Waals surface area contributed by atoms with Crippen LogP contribution in [0.3, 0.4) is 0 Å². The quantitative estimate of drug-likeness (QED) is 0.839. The van der Waals surface area contributed by atoms with E-state index in [0.717, 1.165) is 6.54 Å². The van der Waals surface area contributed by atoms with Crippen molar-refractivity contribution in [3.05, 3.63) is 11.2 Å². The molecule has 1 fully saturated rings. The maximum absolute atomic E-state index is 5.92. The van der Waals surface area contributed by atoms with Crippen LogP contribution in [0.5, 0.6) is 5.88 Å². The first-order valence-electron chi connectivity index (χ1n) is 5.18. The fourth-order valence-corrected chi connectivity index (χ4v) is 1.32. The van der Waals surface area contributed by atoms with E-state index in [0.29, 0.717) is 29.4 Å². The molecule has 1 N–H and O–H groups in total. The van der Waals surface area contributed by atoms with Crippen molar-refractivity contribution in [1.82, 2.24) is 9.97 Å². The van der Waals surface area contributed by atoms with E-state index < -0.39 is 0 Å². The van der Waals surface area contributed by atoms with Gasteiger partial charge in [0, 0.05) is 6.54 Å². The first-order chi connectivity index (χ1) is 7.29. The number of nitrogens with zero attached hydrogens (tertiary/aromatic N) is 2. The molecule has 0 atom stereocenters. The lowest BCUT2D eigenvalue weighted by Crippen LogP contribution is -2.06. The number of rotatable bonds is 5. The van der Waals surface area contributed by atoms with E-state index in [1.54, 1.807) is 6.20 Å². The molecule has 1 aliphatic rings. The predicted octanol–water partition coefficient (Wildman–Crippen LogP) is 2.35. The minimum atomic E-state index is 0.470. The van der Waals surface area contributed by atoms with Crippen molar-refractivity contribution in [3.63, 3.8) is 0 Å². The van der Waals surface area contributed by atoms with Gasteiger partial charge >= 0.3 is 0 Å². The first-order valence-corrected chi connectivity index (χ1v) is 5.56. The molecule has 82 valence electrons. The van der Waals surface area contributed by atoms with E-state index in [2.05, 4.69) is 15.3 Å². The van der Waals surface area contributed by atoms with Gasteiger partial charge in [-0.2, -0.15) is 4.98 Å². The summed E-state index contributed by atoms with van der Waals surface area (Å²) in [6.07, 6.45) is 4.07. The lowest BCUT2D eigenvalue weighted by atomic mass is 10.5. The summed E-state index contributed by atoms with van der Waals surface area (Å²) in [5.74, 6) is 1.74. The molecule has 2 rings (SSSR count). The molecule has 15 heavy (non-hydrogen) atoms. The van der Waals surface area contributed by atoms with Crippen molar-refractivity contribution in [2.75, 3.05) is 18.5 Å². The highest BCUT2D eigenvalue weighted by atomic mass is 35.5. The Labute approximate surface area is 94.0 Å². The van der Waals surface area contributed by atoms with Gasteiger partial charge in [-0.15, -0.1) is 0 Å². The van der Waals surface area contributed by atoms with Gasteiger partial charge in [0.25, 0.3) is 0 Å². The Balaban J connectivity index is 2.01. The van der Waals surface area contributed by atoms with E-state index >= 15 is 0 Å². The average Bonchev–Trinajstić information content (AvgIpc) is 3.03. The molecule has 0 amide bonds. The summed E-state index contributed by atoms with van der Waals surface area (Å²) in [7, 11) is 0. The third-order valence-electron chi connectivity index (χ3n) is 2.20. The second kappa shape index (κ2) is 4.66. The zero-order valence-corrected chi connectivity index (χ0v) is 9.42. The fraction of sp³-hybridized carbons (Fsp3) is 0.600. The van der Waals surface area contributed by atoms with Crippen LogP contribution in [0.2, 0.25) is 5.02 Å². The third-order valence-corrected chi connectivity index (χ3v) is 2.46. The minimum Gasteiger partial charge on any atom is -0.476 e. The van der Waals surface area contributed by atoms with Crippen LogP contribution < -0.4 is 10.1 Å². The molecule has 0 bridgehead atoms. The number of anilines is 1. The third kappa shape index (κ3) is 2.96. The summed E-state index contributed by atoms with van der Waals surface area (Å²) in [5, 5.41) is 3.49. The Morgan fingerprint density at radius 2 is 2.40 bits per heavy atom. The number of nitrogens with one attached hydrogen (secondary N) is 1. The van der Waals surface area contributed by atoms with Crippen LogP contribution in [0.25, 0.3) is 0 Å². The van der Waals surface area contributed by atoms with Crippen LogP contribution in [0.15, 0.2) is 6.20 Å². The van der Waals surface area contributed by atoms with Gasteiger partial charge in [0.2, 0.25) is 11.8 Å². The highest BCUT2D eigenvalue weighted by Gasteiger charge is 2.22. The molecule has 1 aromatic rings. The minimum absolute atomic E-state index is 0.470. The Bertz CT molecular complexity index is 341. The number of aromatic nitrogens is 2. The molecule has 0 radical (unpaired) electrons. The van der Waals surface area contributed by atoms with E-state index in [-0.39, 0.29) is 0 Å². The molecule has 4 nitrogen and oxygen atoms in total. The van der Waals surface area contributed by atoms with Crippen LogP contribution >= 0.6 is 11.6 Å². The SMILES string of the molecule is CCNc1ncc(Cl)c(OCC2CC2)n1. The summed E-state index contributed by atoms with van der Waals surface area (Å²) in [6, 6.07) is 0. The molecule has 0 aromatic carbocycles. The Morgan fingerprint density at radius 3 is 3.07 bits per heavy atom. The summed E-state index contributed by atoms with van der Waals surface area (Å²) in [4.78, 5) is 8.22. The standard InChI is InChI=1S/C10H14ClN3O/c1-2-12-10-13-5-8(11)9(14-10)15-6-7-3-4-7/h5,7H,2-4,6H2,1H3,(H,12,13,14). The maximum Gasteiger partial charge on any atom is 0.237 e. The van der Waals surface area contributed by atoms with E-state index in [4.69, 9.17) is 16.3 Å². The molecule has 1 heterocycles. The normalized spacial score (nSPS) is 15.1. The predicted molar refractivity (Wildman–Crippen MR) is 59.4 cm³/mol. The van der Waals surface area contributed by atoms with Crippen molar-refractivity contribution in [2.45, 2.75) is 19.8 Å². The topological polar surface area (TPSA) is 47.0 Å². The van der Waals surface area contributed by atoms with Gasteiger partial charge in [0.1, 0.15) is 5.02 Å². The zero-order valence-electron chi connectivity index (χ0n) is 8.66. The first kappa shape index (κ1) is 10.5. The van der Waals surface area contributed by atoms with Crippen molar-refractivity contribution in [1.29, 1.82) is 0 Å². The molecule has 1 aromatic heterocycles. The molecular formula is C10H14ClN3O. The van der Waals surface area contributed by atoms with Gasteiger partial charge in [-0.05, 0) is 25.7 Å². The molecular weight excluding hydrogens is 214 g/mol. The van der Waals surface area contributed by atoms with Crippen molar-refractivity contribution >= 4 is 17.5 Å². The van der Waals surface area contributed by atoms with Gasteiger partial charge in [-0.1, -0.05) is 11.6 Å². The van der Waals surface area contributed by atoms with Crippen molar-refractivity contribution < 1.29 is 4.74 Å².